The molecule has 0 bridgehead atoms. The molecule has 0 spiro atoms. The van der Waals surface area contributed by atoms with E-state index >= 15 is 0 Å². The first-order valence-electron chi connectivity index (χ1n) is 6.82. The van der Waals surface area contributed by atoms with E-state index in [2.05, 4.69) is 5.32 Å². The molecule has 0 saturated heterocycles. The fraction of sp³-hybridized carbons (Fsp3) is 0.188. The first-order chi connectivity index (χ1) is 11.2. The molecule has 8 heteroatoms. The largest absolute Gasteiger partial charge is 0.871 e. The highest BCUT2D eigenvalue weighted by Crippen LogP contribution is 2.30. The van der Waals surface area contributed by atoms with Gasteiger partial charge in [0.25, 0.3) is 0 Å². The van der Waals surface area contributed by atoms with E-state index in [1.165, 1.54) is 24.3 Å². The molecule has 0 fully saturated rings. The van der Waals surface area contributed by atoms with Crippen LogP contribution in [0.2, 0.25) is 5.02 Å². The fourth-order valence-electron chi connectivity index (χ4n) is 2.07. The molecule has 24 heavy (non-hydrogen) atoms. The summed E-state index contributed by atoms with van der Waals surface area (Å²) >= 11 is 5.70. The van der Waals surface area contributed by atoms with Crippen LogP contribution in [-0.4, -0.2) is 17.6 Å². The molecule has 2 aromatic rings. The minimum atomic E-state index is -4.37. The van der Waals surface area contributed by atoms with Gasteiger partial charge in [-0.15, -0.1) is 0 Å². The number of carboxylic acids is 1. The van der Waals surface area contributed by atoms with Gasteiger partial charge in [0, 0.05) is 17.3 Å². The normalized spacial score (nSPS) is 11.3. The Hall–Kier alpha value is -2.41. The van der Waals surface area contributed by atoms with E-state index < -0.39 is 29.0 Å². The number of hydrogen-bond donors (Lipinski definition) is 2. The summed E-state index contributed by atoms with van der Waals surface area (Å²) in [6, 6.07) is 7.23. The number of benzene rings is 2. The minimum absolute atomic E-state index is 0.216. The second-order valence-electron chi connectivity index (χ2n) is 5.01. The zero-order valence-electron chi connectivity index (χ0n) is 12.2. The highest BCUT2D eigenvalue weighted by molar-refractivity contribution is 6.32. The predicted octanol–water partition coefficient (Wildman–Crippen LogP) is 3.79. The summed E-state index contributed by atoms with van der Waals surface area (Å²) in [6.45, 7) is 0.332. The van der Waals surface area contributed by atoms with Crippen molar-refractivity contribution in [2.24, 2.45) is 0 Å². The van der Waals surface area contributed by atoms with Crippen LogP contribution in [0, 0.1) is 0 Å². The van der Waals surface area contributed by atoms with E-state index in [1.807, 2.05) is 0 Å². The summed E-state index contributed by atoms with van der Waals surface area (Å²) in [5.74, 6) is -2.15. The van der Waals surface area contributed by atoms with Crippen molar-refractivity contribution in [3.05, 3.63) is 58.1 Å². The molecule has 4 nitrogen and oxygen atoms in total. The Kier molecular flexibility index (Phi) is 5.23. The number of halogens is 4. The van der Waals surface area contributed by atoms with Crippen LogP contribution in [0.4, 0.5) is 18.9 Å². The Bertz CT molecular complexity index is 745. The molecule has 2 N–H and O–H groups in total. The maximum absolute atomic E-state index is 12.5. The van der Waals surface area contributed by atoms with Crippen LogP contribution in [0.15, 0.2) is 36.4 Å². The monoisotopic (exact) mass is 358 g/mol. The van der Waals surface area contributed by atoms with Gasteiger partial charge >= 0.3 is 12.1 Å². The van der Waals surface area contributed by atoms with Crippen LogP contribution in [0.25, 0.3) is 0 Å². The zero-order chi connectivity index (χ0) is 17.9. The molecule has 0 aliphatic rings. The molecular weight excluding hydrogens is 347 g/mol. The Balaban J connectivity index is 2.01. The second-order valence-corrected chi connectivity index (χ2v) is 5.42. The molecule has 0 aliphatic heterocycles. The van der Waals surface area contributed by atoms with Gasteiger partial charge in [0.05, 0.1) is 11.1 Å². The van der Waals surface area contributed by atoms with Gasteiger partial charge in [0.2, 0.25) is 0 Å². The smallest absolute Gasteiger partial charge is 0.416 e. The zero-order valence-corrected chi connectivity index (χ0v) is 12.9. The van der Waals surface area contributed by atoms with Crippen molar-refractivity contribution >= 4 is 23.3 Å². The number of nitrogens with one attached hydrogen (secondary N) is 1. The fourth-order valence-corrected chi connectivity index (χ4v) is 2.29. The van der Waals surface area contributed by atoms with E-state index in [0.29, 0.717) is 24.2 Å². The van der Waals surface area contributed by atoms with Gasteiger partial charge < -0.3 is 15.5 Å². The lowest BCUT2D eigenvalue weighted by Gasteiger charge is -2.15. The average Bonchev–Trinajstić information content (AvgIpc) is 2.50. The topological polar surface area (TPSA) is 72.4 Å². The Morgan fingerprint density at radius 2 is 1.83 bits per heavy atom. The summed E-state index contributed by atoms with van der Waals surface area (Å²) in [5.41, 5.74) is -0.132. The van der Waals surface area contributed by atoms with E-state index in [9.17, 15) is 23.1 Å². The third kappa shape index (κ3) is 4.32. The molecule has 0 amide bonds. The SMILES string of the molecule is O=C(O)c1cc(NCCc2ccc(C(F)(F)F)cc2)cc(Cl)c1[O-]. The number of alkyl halides is 3. The van der Waals surface area contributed by atoms with E-state index in [0.717, 1.165) is 12.1 Å². The molecule has 0 radical (unpaired) electrons. The van der Waals surface area contributed by atoms with Crippen LogP contribution in [0.1, 0.15) is 21.5 Å². The summed E-state index contributed by atoms with van der Waals surface area (Å²) in [7, 11) is 0. The van der Waals surface area contributed by atoms with Gasteiger partial charge in [0.1, 0.15) is 0 Å². The van der Waals surface area contributed by atoms with Gasteiger partial charge in [-0.05, 0) is 36.2 Å². The van der Waals surface area contributed by atoms with Gasteiger partial charge in [0.15, 0.2) is 0 Å². The third-order valence-electron chi connectivity index (χ3n) is 3.30. The molecule has 0 unspecified atom stereocenters. The number of aromatic carboxylic acids is 1. The Morgan fingerprint density at radius 1 is 1.21 bits per heavy atom. The minimum Gasteiger partial charge on any atom is -0.871 e. The molecule has 2 rings (SSSR count). The van der Waals surface area contributed by atoms with Gasteiger partial charge in [-0.3, -0.25) is 0 Å². The molecule has 0 saturated carbocycles. The summed E-state index contributed by atoms with van der Waals surface area (Å²) in [4.78, 5) is 11.0. The van der Waals surface area contributed by atoms with Crippen LogP contribution in [-0.2, 0) is 12.6 Å². The van der Waals surface area contributed by atoms with Crippen molar-refractivity contribution in [3.8, 4) is 5.75 Å². The Labute approximate surface area is 140 Å². The number of hydrogen-bond acceptors (Lipinski definition) is 3. The van der Waals surface area contributed by atoms with Gasteiger partial charge in [-0.2, -0.15) is 13.2 Å². The summed E-state index contributed by atoms with van der Waals surface area (Å²) in [5, 5.41) is 23.1. The quantitative estimate of drug-likeness (QED) is 0.853. The van der Waals surface area contributed by atoms with Gasteiger partial charge in [-0.25, -0.2) is 4.79 Å². The summed E-state index contributed by atoms with van der Waals surface area (Å²) < 4.78 is 37.4. The average molecular weight is 359 g/mol. The first kappa shape index (κ1) is 17.9. The van der Waals surface area contributed by atoms with E-state index in [-0.39, 0.29) is 5.02 Å². The summed E-state index contributed by atoms with van der Waals surface area (Å²) in [6.07, 6.45) is -3.96. The predicted molar refractivity (Wildman–Crippen MR) is 81.5 cm³/mol. The molecule has 0 atom stereocenters. The molecule has 0 aromatic heterocycles. The van der Waals surface area contributed by atoms with Crippen LogP contribution in [0.5, 0.6) is 5.75 Å². The number of rotatable bonds is 5. The Morgan fingerprint density at radius 3 is 2.38 bits per heavy atom. The molecule has 0 aliphatic carbocycles. The third-order valence-corrected chi connectivity index (χ3v) is 3.58. The van der Waals surface area contributed by atoms with E-state index in [4.69, 9.17) is 16.7 Å². The standard InChI is InChI=1S/C16H13ClF3NO3/c17-13-8-11(7-12(14(13)22)15(23)24)21-6-5-9-1-3-10(4-2-9)16(18,19)20/h1-4,7-8,21-22H,5-6H2,(H,23,24)/p-1. The van der Waals surface area contributed by atoms with Crippen LogP contribution >= 0.6 is 11.6 Å². The first-order valence-corrected chi connectivity index (χ1v) is 7.20. The highest BCUT2D eigenvalue weighted by Gasteiger charge is 2.29. The maximum Gasteiger partial charge on any atom is 0.416 e. The number of carbonyl (C=O) groups is 1. The van der Waals surface area contributed by atoms with Crippen molar-refractivity contribution in [2.45, 2.75) is 12.6 Å². The lowest BCUT2D eigenvalue weighted by Crippen LogP contribution is -2.09. The molecular formula is C16H12ClF3NO3-. The van der Waals surface area contributed by atoms with Crippen LogP contribution < -0.4 is 10.4 Å². The second kappa shape index (κ2) is 7.00. The maximum atomic E-state index is 12.5. The van der Waals surface area contributed by atoms with Crippen molar-refractivity contribution < 1.29 is 28.2 Å². The number of anilines is 1. The van der Waals surface area contributed by atoms with Crippen molar-refractivity contribution in [2.75, 3.05) is 11.9 Å². The lowest BCUT2D eigenvalue weighted by atomic mass is 10.1. The molecule has 2 aromatic carbocycles. The van der Waals surface area contributed by atoms with Crippen molar-refractivity contribution in [3.63, 3.8) is 0 Å². The van der Waals surface area contributed by atoms with Crippen molar-refractivity contribution in [1.29, 1.82) is 0 Å². The molecule has 0 heterocycles. The van der Waals surface area contributed by atoms with Gasteiger partial charge in [-0.1, -0.05) is 29.5 Å². The molecule has 128 valence electrons. The lowest BCUT2D eigenvalue weighted by molar-refractivity contribution is -0.268. The number of carboxylic acid groups (broad SMARTS) is 1. The van der Waals surface area contributed by atoms with Crippen LogP contribution in [0.3, 0.4) is 0 Å². The van der Waals surface area contributed by atoms with Crippen molar-refractivity contribution in [1.82, 2.24) is 0 Å². The highest BCUT2D eigenvalue weighted by atomic mass is 35.5. The van der Waals surface area contributed by atoms with E-state index in [1.54, 1.807) is 0 Å².